The van der Waals surface area contributed by atoms with E-state index in [4.69, 9.17) is 0 Å². The summed E-state index contributed by atoms with van der Waals surface area (Å²) < 4.78 is 0.896. The summed E-state index contributed by atoms with van der Waals surface area (Å²) >= 11 is 3.32. The van der Waals surface area contributed by atoms with Crippen molar-refractivity contribution < 1.29 is 14.7 Å². The van der Waals surface area contributed by atoms with Gasteiger partial charge in [-0.05, 0) is 19.2 Å². The number of carboxylic acid groups (broad SMARTS) is 1. The Labute approximate surface area is 132 Å². The van der Waals surface area contributed by atoms with Gasteiger partial charge in [0.25, 0.3) is 0 Å². The molecule has 5 nitrogen and oxygen atoms in total. The fourth-order valence-electron chi connectivity index (χ4n) is 2.44. The van der Waals surface area contributed by atoms with Crippen LogP contribution in [0.1, 0.15) is 16.8 Å². The summed E-state index contributed by atoms with van der Waals surface area (Å²) in [5.74, 6) is -1.06. The van der Waals surface area contributed by atoms with Crippen molar-refractivity contribution in [3.63, 3.8) is 0 Å². The molecule has 0 radical (unpaired) electrons. The molecule has 1 fully saturated rings. The first-order valence-electron chi connectivity index (χ1n) is 6.91. The summed E-state index contributed by atoms with van der Waals surface area (Å²) in [6, 6.07) is 6.28. The van der Waals surface area contributed by atoms with Crippen molar-refractivity contribution in [2.24, 2.45) is 0 Å². The lowest BCUT2D eigenvalue weighted by molar-refractivity contribution is -0.143. The minimum atomic E-state index is -0.926. The molecule has 0 saturated carbocycles. The first kappa shape index (κ1) is 16.1. The van der Waals surface area contributed by atoms with Crippen LogP contribution in [0.15, 0.2) is 28.7 Å². The van der Waals surface area contributed by atoms with Gasteiger partial charge in [-0.25, -0.2) is 0 Å². The third-order valence-electron chi connectivity index (χ3n) is 3.81. The normalized spacial score (nSPS) is 18.4. The van der Waals surface area contributed by atoms with Crippen LogP contribution in [0, 0.1) is 0 Å². The van der Waals surface area contributed by atoms with E-state index in [1.807, 2.05) is 11.9 Å². The highest BCUT2D eigenvalue weighted by atomic mass is 79.9. The van der Waals surface area contributed by atoms with Crippen LogP contribution in [0.25, 0.3) is 0 Å². The number of hydrogen-bond donors (Lipinski definition) is 1. The molecule has 0 aliphatic carbocycles. The Morgan fingerprint density at radius 1 is 1.19 bits per heavy atom. The number of ketones is 1. The van der Waals surface area contributed by atoms with Gasteiger partial charge in [0.1, 0.15) is 6.04 Å². The van der Waals surface area contributed by atoms with Crippen LogP contribution >= 0.6 is 15.9 Å². The zero-order chi connectivity index (χ0) is 15.4. The van der Waals surface area contributed by atoms with Crippen molar-refractivity contribution >= 4 is 27.7 Å². The molecule has 1 aliphatic heterocycles. The number of rotatable bonds is 5. The Bertz CT molecular complexity index is 510. The quantitative estimate of drug-likeness (QED) is 0.815. The third-order valence-corrected chi connectivity index (χ3v) is 4.34. The second-order valence-electron chi connectivity index (χ2n) is 5.33. The highest BCUT2D eigenvalue weighted by Crippen LogP contribution is 2.15. The minimum absolute atomic E-state index is 0.0146. The topological polar surface area (TPSA) is 60.9 Å². The van der Waals surface area contributed by atoms with Crippen molar-refractivity contribution in [3.05, 3.63) is 34.3 Å². The molecule has 0 spiro atoms. The van der Waals surface area contributed by atoms with Crippen LogP contribution in [0.3, 0.4) is 0 Å². The molecule has 1 aromatic rings. The monoisotopic (exact) mass is 354 g/mol. The van der Waals surface area contributed by atoms with Crippen LogP contribution in [0.4, 0.5) is 0 Å². The lowest BCUT2D eigenvalue weighted by Gasteiger charge is -2.35. The molecule has 1 aromatic carbocycles. The third kappa shape index (κ3) is 4.36. The summed E-state index contributed by atoms with van der Waals surface area (Å²) in [6.45, 7) is 3.02. The van der Waals surface area contributed by atoms with Crippen LogP contribution in [-0.2, 0) is 4.79 Å². The van der Waals surface area contributed by atoms with Crippen molar-refractivity contribution in [3.8, 4) is 0 Å². The van der Waals surface area contributed by atoms with Gasteiger partial charge in [0.15, 0.2) is 5.78 Å². The zero-order valence-electron chi connectivity index (χ0n) is 12.0. The zero-order valence-corrected chi connectivity index (χ0v) is 13.5. The maximum Gasteiger partial charge on any atom is 0.321 e. The van der Waals surface area contributed by atoms with Gasteiger partial charge in [-0.2, -0.15) is 0 Å². The number of carbonyl (C=O) groups is 2. The number of carboxylic acids is 1. The maximum atomic E-state index is 12.3. The first-order valence-corrected chi connectivity index (χ1v) is 7.71. The van der Waals surface area contributed by atoms with E-state index in [-0.39, 0.29) is 12.2 Å². The average molecular weight is 355 g/mol. The van der Waals surface area contributed by atoms with E-state index in [0.29, 0.717) is 18.7 Å². The summed E-state index contributed by atoms with van der Waals surface area (Å²) in [4.78, 5) is 27.8. The Hall–Kier alpha value is -1.24. The highest BCUT2D eigenvalue weighted by molar-refractivity contribution is 9.10. The van der Waals surface area contributed by atoms with Crippen molar-refractivity contribution in [2.45, 2.75) is 12.5 Å². The van der Waals surface area contributed by atoms with Crippen LogP contribution in [0.2, 0.25) is 0 Å². The molecule has 1 atom stereocenters. The summed E-state index contributed by atoms with van der Waals surface area (Å²) in [5, 5.41) is 9.42. The second kappa shape index (κ2) is 7.15. The van der Waals surface area contributed by atoms with Crippen molar-refractivity contribution in [2.75, 3.05) is 33.2 Å². The molecular weight excluding hydrogens is 336 g/mol. The van der Waals surface area contributed by atoms with Crippen LogP contribution in [0.5, 0.6) is 0 Å². The molecule has 6 heteroatoms. The van der Waals surface area contributed by atoms with E-state index in [1.165, 1.54) is 0 Å². The number of benzene rings is 1. The molecule has 114 valence electrons. The Morgan fingerprint density at radius 3 is 2.29 bits per heavy atom. The van der Waals surface area contributed by atoms with Gasteiger partial charge in [-0.3, -0.25) is 14.5 Å². The van der Waals surface area contributed by atoms with Gasteiger partial charge < -0.3 is 10.0 Å². The summed E-state index contributed by atoms with van der Waals surface area (Å²) in [7, 11) is 2.01. The Balaban J connectivity index is 2.04. The van der Waals surface area contributed by atoms with Crippen molar-refractivity contribution in [1.29, 1.82) is 0 Å². The smallest absolute Gasteiger partial charge is 0.321 e. The maximum absolute atomic E-state index is 12.3. The summed E-state index contributed by atoms with van der Waals surface area (Å²) in [5.41, 5.74) is 0.554. The predicted octanol–water partition coefficient (Wildman–Crippen LogP) is 1.72. The Morgan fingerprint density at radius 2 is 1.76 bits per heavy atom. The summed E-state index contributed by atoms with van der Waals surface area (Å²) in [6.07, 6.45) is 0.0146. The van der Waals surface area contributed by atoms with Gasteiger partial charge in [0.05, 0.1) is 0 Å². The minimum Gasteiger partial charge on any atom is -0.480 e. The fourth-order valence-corrected chi connectivity index (χ4v) is 2.70. The number of hydrogen-bond acceptors (Lipinski definition) is 4. The largest absolute Gasteiger partial charge is 0.480 e. The molecule has 1 aliphatic rings. The van der Waals surface area contributed by atoms with E-state index in [2.05, 4.69) is 20.8 Å². The van der Waals surface area contributed by atoms with Gasteiger partial charge in [0.2, 0.25) is 0 Å². The molecule has 0 aromatic heterocycles. The van der Waals surface area contributed by atoms with Crippen LogP contribution in [-0.4, -0.2) is 65.9 Å². The first-order chi connectivity index (χ1) is 9.97. The number of Topliss-reactive ketones (excluding diaryl/α,β-unsaturated/α-hetero) is 1. The fraction of sp³-hybridized carbons (Fsp3) is 0.467. The van der Waals surface area contributed by atoms with Crippen LogP contribution < -0.4 is 0 Å². The Kier molecular flexibility index (Phi) is 5.50. The molecule has 1 unspecified atom stereocenters. The highest BCUT2D eigenvalue weighted by Gasteiger charge is 2.30. The molecule has 0 amide bonds. The average Bonchev–Trinajstić information content (AvgIpc) is 2.46. The van der Waals surface area contributed by atoms with Gasteiger partial charge in [-0.1, -0.05) is 28.1 Å². The SMILES string of the molecule is CN1CCN(C(CC(=O)c2ccc(Br)cc2)C(=O)O)CC1. The standard InChI is InChI=1S/C15H19BrN2O3/c1-17-6-8-18(9-7-17)13(15(20)21)10-14(19)11-2-4-12(16)5-3-11/h2-5,13H,6-10H2,1H3,(H,20,21). The van der Waals surface area contributed by atoms with Gasteiger partial charge in [-0.15, -0.1) is 0 Å². The number of halogens is 1. The van der Waals surface area contributed by atoms with Gasteiger partial charge in [0, 0.05) is 42.6 Å². The number of nitrogens with zero attached hydrogens (tertiary/aromatic N) is 2. The molecule has 2 rings (SSSR count). The molecule has 1 heterocycles. The molecule has 1 saturated heterocycles. The van der Waals surface area contributed by atoms with E-state index >= 15 is 0 Å². The molecule has 21 heavy (non-hydrogen) atoms. The van der Waals surface area contributed by atoms with E-state index in [0.717, 1.165) is 17.6 Å². The van der Waals surface area contributed by atoms with E-state index in [9.17, 15) is 14.7 Å². The number of aliphatic carboxylic acids is 1. The van der Waals surface area contributed by atoms with E-state index in [1.54, 1.807) is 24.3 Å². The lowest BCUT2D eigenvalue weighted by Crippen LogP contribution is -2.52. The predicted molar refractivity (Wildman–Crippen MR) is 83.6 cm³/mol. The molecule has 0 bridgehead atoms. The number of likely N-dealkylation sites (N-methyl/N-ethyl adjacent to an activating group) is 1. The molecular formula is C15H19BrN2O3. The number of carbonyl (C=O) groups excluding carboxylic acids is 1. The second-order valence-corrected chi connectivity index (χ2v) is 6.24. The van der Waals surface area contributed by atoms with Crippen molar-refractivity contribution in [1.82, 2.24) is 9.80 Å². The van der Waals surface area contributed by atoms with E-state index < -0.39 is 12.0 Å². The molecule has 1 N–H and O–H groups in total. The lowest BCUT2D eigenvalue weighted by atomic mass is 10.0. The number of piperazine rings is 1. The van der Waals surface area contributed by atoms with Gasteiger partial charge >= 0.3 is 5.97 Å².